The molecule has 1 fully saturated rings. The molecule has 4 N–H and O–H groups in total. The van der Waals surface area contributed by atoms with E-state index in [1.165, 1.54) is 0 Å². The first-order valence-electron chi connectivity index (χ1n) is 4.09. The largest absolute Gasteiger partial charge is 0.409 e. The van der Waals surface area contributed by atoms with Crippen LogP contribution in [0.4, 0.5) is 0 Å². The minimum absolute atomic E-state index is 0.0219. The third-order valence-corrected chi connectivity index (χ3v) is 1.79. The van der Waals surface area contributed by atoms with E-state index in [0.717, 1.165) is 12.8 Å². The highest BCUT2D eigenvalue weighted by molar-refractivity contribution is 5.88. The first kappa shape index (κ1) is 9.79. The molecule has 0 aromatic heterocycles. The summed E-state index contributed by atoms with van der Waals surface area (Å²) in [5, 5.41) is 13.4. The summed E-state index contributed by atoms with van der Waals surface area (Å²) in [4.78, 5) is 11.2. The molecule has 1 atom stereocenters. The summed E-state index contributed by atoms with van der Waals surface area (Å²) < 4.78 is 5.13. The number of carbonyl (C=O) groups excluding carboxylic acids is 1. The number of carbonyl (C=O) groups is 1. The van der Waals surface area contributed by atoms with Gasteiger partial charge in [-0.2, -0.15) is 0 Å². The third kappa shape index (κ3) is 2.90. The van der Waals surface area contributed by atoms with E-state index in [2.05, 4.69) is 10.5 Å². The fourth-order valence-electron chi connectivity index (χ4n) is 1.11. The van der Waals surface area contributed by atoms with Gasteiger partial charge < -0.3 is 21.0 Å². The van der Waals surface area contributed by atoms with Crippen LogP contribution >= 0.6 is 0 Å². The lowest BCUT2D eigenvalue weighted by molar-refractivity contribution is -0.129. The molecule has 1 amide bonds. The third-order valence-electron chi connectivity index (χ3n) is 1.79. The zero-order valence-corrected chi connectivity index (χ0v) is 7.19. The number of amides is 1. The van der Waals surface area contributed by atoms with Crippen LogP contribution in [0.5, 0.6) is 0 Å². The highest BCUT2D eigenvalue weighted by atomic mass is 16.5. The number of hydrogen-bond acceptors (Lipinski definition) is 4. The van der Waals surface area contributed by atoms with Gasteiger partial charge >= 0.3 is 0 Å². The van der Waals surface area contributed by atoms with E-state index < -0.39 is 0 Å². The molecule has 6 heteroatoms. The fraction of sp³-hybridized carbons (Fsp3) is 0.714. The van der Waals surface area contributed by atoms with Crippen LogP contribution in [-0.4, -0.2) is 36.2 Å². The van der Waals surface area contributed by atoms with E-state index in [1.54, 1.807) is 0 Å². The number of hydrogen-bond donors (Lipinski definition) is 3. The number of oxime groups is 1. The van der Waals surface area contributed by atoms with Crippen LogP contribution in [0, 0.1) is 0 Å². The van der Waals surface area contributed by atoms with Crippen molar-refractivity contribution in [2.45, 2.75) is 18.9 Å². The number of nitrogens with one attached hydrogen (secondary N) is 1. The van der Waals surface area contributed by atoms with E-state index in [4.69, 9.17) is 15.7 Å². The Bertz CT molecular complexity index is 211. The molecule has 0 aromatic carbocycles. The maximum Gasteiger partial charge on any atom is 0.249 e. The Morgan fingerprint density at radius 2 is 2.54 bits per heavy atom. The molecule has 0 aliphatic carbocycles. The van der Waals surface area contributed by atoms with Crippen molar-refractivity contribution in [2.75, 3.05) is 13.2 Å². The van der Waals surface area contributed by atoms with Crippen LogP contribution in [0.1, 0.15) is 12.8 Å². The highest BCUT2D eigenvalue weighted by Gasteiger charge is 2.23. The molecule has 74 valence electrons. The van der Waals surface area contributed by atoms with Crippen molar-refractivity contribution >= 4 is 11.7 Å². The Hall–Kier alpha value is -1.30. The predicted molar refractivity (Wildman–Crippen MR) is 45.4 cm³/mol. The van der Waals surface area contributed by atoms with E-state index in [-0.39, 0.29) is 24.4 Å². The summed E-state index contributed by atoms with van der Waals surface area (Å²) in [6.07, 6.45) is 1.27. The molecule has 1 aliphatic rings. The van der Waals surface area contributed by atoms with Crippen LogP contribution in [-0.2, 0) is 9.53 Å². The average Bonchev–Trinajstić information content (AvgIpc) is 2.66. The topological polar surface area (TPSA) is 96.9 Å². The van der Waals surface area contributed by atoms with Gasteiger partial charge in [0.15, 0.2) is 5.84 Å². The molecule has 6 nitrogen and oxygen atoms in total. The molecule has 0 radical (unpaired) electrons. The van der Waals surface area contributed by atoms with E-state index in [1.807, 2.05) is 0 Å². The van der Waals surface area contributed by atoms with Gasteiger partial charge in [-0.1, -0.05) is 5.16 Å². The van der Waals surface area contributed by atoms with Crippen molar-refractivity contribution in [3.05, 3.63) is 0 Å². The quantitative estimate of drug-likeness (QED) is 0.229. The van der Waals surface area contributed by atoms with Crippen molar-refractivity contribution in [3.63, 3.8) is 0 Å². The summed E-state index contributed by atoms with van der Waals surface area (Å²) in [5.74, 6) is -0.226. The van der Waals surface area contributed by atoms with Gasteiger partial charge in [-0.3, -0.25) is 4.79 Å². The van der Waals surface area contributed by atoms with E-state index >= 15 is 0 Å². The van der Waals surface area contributed by atoms with Crippen molar-refractivity contribution in [1.29, 1.82) is 0 Å². The zero-order valence-electron chi connectivity index (χ0n) is 7.19. The van der Waals surface area contributed by atoms with Crippen molar-refractivity contribution in [2.24, 2.45) is 10.9 Å². The standard InChI is InChI=1S/C7H13N3O3/c8-6(10-12)4-9-7(11)5-2-1-3-13-5/h5,12H,1-4H2,(H2,8,10)(H,9,11). The van der Waals surface area contributed by atoms with Gasteiger partial charge in [-0.05, 0) is 12.8 Å². The van der Waals surface area contributed by atoms with Crippen LogP contribution < -0.4 is 11.1 Å². The average molecular weight is 187 g/mol. The Morgan fingerprint density at radius 1 is 1.77 bits per heavy atom. The smallest absolute Gasteiger partial charge is 0.249 e. The summed E-state index contributed by atoms with van der Waals surface area (Å²) in [6.45, 7) is 0.677. The van der Waals surface area contributed by atoms with Gasteiger partial charge in [-0.15, -0.1) is 0 Å². The van der Waals surface area contributed by atoms with Crippen molar-refractivity contribution in [1.82, 2.24) is 5.32 Å². The molecular weight excluding hydrogens is 174 g/mol. The van der Waals surface area contributed by atoms with Crippen LogP contribution in [0.2, 0.25) is 0 Å². The predicted octanol–water partition coefficient (Wildman–Crippen LogP) is -0.972. The van der Waals surface area contributed by atoms with Crippen LogP contribution in [0.15, 0.2) is 5.16 Å². The van der Waals surface area contributed by atoms with Gasteiger partial charge in [0.05, 0.1) is 6.54 Å². The fourth-order valence-corrected chi connectivity index (χ4v) is 1.11. The van der Waals surface area contributed by atoms with Crippen LogP contribution in [0.3, 0.4) is 0 Å². The Labute approximate surface area is 75.7 Å². The highest BCUT2D eigenvalue weighted by Crippen LogP contribution is 2.11. The number of rotatable bonds is 3. The monoisotopic (exact) mass is 187 g/mol. The number of nitrogens with zero attached hydrogens (tertiary/aromatic N) is 1. The zero-order chi connectivity index (χ0) is 9.68. The molecule has 0 bridgehead atoms. The molecule has 1 aliphatic heterocycles. The summed E-state index contributed by atoms with van der Waals surface area (Å²) in [5.41, 5.74) is 5.16. The maximum atomic E-state index is 11.2. The minimum atomic E-state index is -0.369. The van der Waals surface area contributed by atoms with Gasteiger partial charge in [0.2, 0.25) is 5.91 Å². The lowest BCUT2D eigenvalue weighted by Gasteiger charge is -2.08. The molecule has 0 saturated carbocycles. The first-order valence-corrected chi connectivity index (χ1v) is 4.09. The Morgan fingerprint density at radius 3 is 3.08 bits per heavy atom. The minimum Gasteiger partial charge on any atom is -0.409 e. The lowest BCUT2D eigenvalue weighted by Crippen LogP contribution is -2.39. The summed E-state index contributed by atoms with van der Waals surface area (Å²) in [7, 11) is 0. The number of amidine groups is 1. The molecular formula is C7H13N3O3. The SMILES string of the molecule is N/C(CNC(=O)C1CCCO1)=N\O. The normalized spacial score (nSPS) is 23.1. The number of ether oxygens (including phenoxy) is 1. The van der Waals surface area contributed by atoms with Crippen LogP contribution in [0.25, 0.3) is 0 Å². The second kappa shape index (κ2) is 4.66. The number of nitrogens with two attached hydrogens (primary N) is 1. The second-order valence-corrected chi connectivity index (χ2v) is 2.81. The Balaban J connectivity index is 2.24. The molecule has 0 aromatic rings. The molecule has 1 saturated heterocycles. The summed E-state index contributed by atoms with van der Waals surface area (Å²) >= 11 is 0. The van der Waals surface area contributed by atoms with E-state index in [0.29, 0.717) is 6.61 Å². The molecule has 1 rings (SSSR count). The van der Waals surface area contributed by atoms with Gasteiger partial charge in [0.1, 0.15) is 6.10 Å². The van der Waals surface area contributed by atoms with Crippen molar-refractivity contribution in [3.8, 4) is 0 Å². The van der Waals surface area contributed by atoms with Crippen molar-refractivity contribution < 1.29 is 14.7 Å². The van der Waals surface area contributed by atoms with Gasteiger partial charge in [-0.25, -0.2) is 0 Å². The Kier molecular flexibility index (Phi) is 3.51. The molecule has 1 heterocycles. The van der Waals surface area contributed by atoms with Gasteiger partial charge in [0.25, 0.3) is 0 Å². The maximum absolute atomic E-state index is 11.2. The lowest BCUT2D eigenvalue weighted by atomic mass is 10.2. The molecule has 0 spiro atoms. The molecule has 13 heavy (non-hydrogen) atoms. The molecule has 1 unspecified atom stereocenters. The first-order chi connectivity index (χ1) is 6.24. The summed E-state index contributed by atoms with van der Waals surface area (Å²) in [6, 6.07) is 0. The van der Waals surface area contributed by atoms with Gasteiger partial charge in [0, 0.05) is 6.61 Å². The van der Waals surface area contributed by atoms with E-state index in [9.17, 15) is 4.79 Å². The second-order valence-electron chi connectivity index (χ2n) is 2.81.